The number of ether oxygens (including phenoxy) is 1. The highest BCUT2D eigenvalue weighted by atomic mass is 32.2. The lowest BCUT2D eigenvalue weighted by Gasteiger charge is -2.23. The van der Waals surface area contributed by atoms with Crippen LogP contribution in [0.3, 0.4) is 0 Å². The van der Waals surface area contributed by atoms with Crippen LogP contribution in [-0.2, 0) is 4.74 Å². The van der Waals surface area contributed by atoms with Crippen LogP contribution >= 0.6 is 11.8 Å². The van der Waals surface area contributed by atoms with Crippen molar-refractivity contribution in [3.8, 4) is 0 Å². The lowest BCUT2D eigenvalue weighted by Crippen LogP contribution is -2.37. The first-order chi connectivity index (χ1) is 6.79. The molecule has 3 heteroatoms. The average Bonchev–Trinajstić information content (AvgIpc) is 2.18. The van der Waals surface area contributed by atoms with Gasteiger partial charge in [0.2, 0.25) is 0 Å². The van der Waals surface area contributed by atoms with Gasteiger partial charge >= 0.3 is 0 Å². The van der Waals surface area contributed by atoms with E-state index in [0.29, 0.717) is 6.04 Å². The third-order valence-corrected chi connectivity index (χ3v) is 3.69. The highest BCUT2D eigenvalue weighted by molar-refractivity contribution is 7.99. The number of rotatable bonds is 6. The first-order valence-electron chi connectivity index (χ1n) is 5.68. The van der Waals surface area contributed by atoms with Crippen LogP contribution in [-0.4, -0.2) is 37.3 Å². The molecule has 14 heavy (non-hydrogen) atoms. The molecule has 0 amide bonds. The topological polar surface area (TPSA) is 21.3 Å². The highest BCUT2D eigenvalue weighted by Gasteiger charge is 2.11. The number of hydrogen-bond acceptors (Lipinski definition) is 3. The van der Waals surface area contributed by atoms with Gasteiger partial charge in [0.05, 0.1) is 6.61 Å². The standard InChI is InChI=1S/C11H23NOS/c1-10(2)9-14-7-5-12-11-4-3-6-13-8-11/h10-12H,3-9H2,1-2H3. The molecule has 0 aromatic rings. The molecule has 1 rings (SSSR count). The quantitative estimate of drug-likeness (QED) is 0.689. The van der Waals surface area contributed by atoms with Crippen LogP contribution < -0.4 is 5.32 Å². The zero-order chi connectivity index (χ0) is 10.2. The lowest BCUT2D eigenvalue weighted by molar-refractivity contribution is 0.0712. The lowest BCUT2D eigenvalue weighted by atomic mass is 10.1. The van der Waals surface area contributed by atoms with Crippen LogP contribution in [0.1, 0.15) is 26.7 Å². The molecule has 0 aliphatic carbocycles. The molecule has 1 heterocycles. The second-order valence-corrected chi connectivity index (χ2v) is 5.49. The van der Waals surface area contributed by atoms with E-state index in [1.54, 1.807) is 0 Å². The van der Waals surface area contributed by atoms with Crippen LogP contribution in [0, 0.1) is 5.92 Å². The van der Waals surface area contributed by atoms with Gasteiger partial charge in [0, 0.05) is 24.9 Å². The van der Waals surface area contributed by atoms with Crippen LogP contribution in [0.2, 0.25) is 0 Å². The minimum atomic E-state index is 0.614. The molecule has 1 saturated heterocycles. The summed E-state index contributed by atoms with van der Waals surface area (Å²) in [7, 11) is 0. The SMILES string of the molecule is CC(C)CSCCNC1CCCOC1. The zero-order valence-electron chi connectivity index (χ0n) is 9.42. The number of nitrogens with one attached hydrogen (secondary N) is 1. The van der Waals surface area contributed by atoms with Crippen LogP contribution in [0.4, 0.5) is 0 Å². The molecule has 1 N–H and O–H groups in total. The van der Waals surface area contributed by atoms with Gasteiger partial charge in [-0.3, -0.25) is 0 Å². The summed E-state index contributed by atoms with van der Waals surface area (Å²) in [6.45, 7) is 7.55. The normalized spacial score (nSPS) is 22.9. The first-order valence-corrected chi connectivity index (χ1v) is 6.83. The summed E-state index contributed by atoms with van der Waals surface area (Å²) < 4.78 is 5.41. The van der Waals surface area contributed by atoms with Crippen molar-refractivity contribution in [2.24, 2.45) is 5.92 Å². The minimum Gasteiger partial charge on any atom is -0.380 e. The second-order valence-electron chi connectivity index (χ2n) is 4.34. The van der Waals surface area contributed by atoms with Crippen molar-refractivity contribution in [1.82, 2.24) is 5.32 Å². The first kappa shape index (κ1) is 12.3. The molecule has 1 atom stereocenters. The molecule has 84 valence electrons. The van der Waals surface area contributed by atoms with Gasteiger partial charge in [-0.1, -0.05) is 13.8 Å². The Labute approximate surface area is 92.2 Å². The Morgan fingerprint density at radius 3 is 3.00 bits per heavy atom. The molecule has 1 fully saturated rings. The number of thioether (sulfide) groups is 1. The second kappa shape index (κ2) is 7.55. The van der Waals surface area contributed by atoms with E-state index < -0.39 is 0 Å². The molecule has 0 spiro atoms. The van der Waals surface area contributed by atoms with E-state index in [9.17, 15) is 0 Å². The number of hydrogen-bond donors (Lipinski definition) is 1. The summed E-state index contributed by atoms with van der Waals surface area (Å²) in [5, 5.41) is 3.55. The molecule has 0 radical (unpaired) electrons. The molecule has 0 aromatic heterocycles. The molecular weight excluding hydrogens is 194 g/mol. The Kier molecular flexibility index (Phi) is 6.65. The summed E-state index contributed by atoms with van der Waals surface area (Å²) in [5.41, 5.74) is 0. The summed E-state index contributed by atoms with van der Waals surface area (Å²) in [6, 6.07) is 0.614. The molecule has 0 saturated carbocycles. The maximum absolute atomic E-state index is 5.41. The van der Waals surface area contributed by atoms with Crippen molar-refractivity contribution in [2.75, 3.05) is 31.3 Å². The van der Waals surface area contributed by atoms with Crippen molar-refractivity contribution in [3.05, 3.63) is 0 Å². The van der Waals surface area contributed by atoms with E-state index in [4.69, 9.17) is 4.74 Å². The van der Waals surface area contributed by atoms with Crippen molar-refractivity contribution >= 4 is 11.8 Å². The minimum absolute atomic E-state index is 0.614. The molecular formula is C11H23NOS. The molecule has 2 nitrogen and oxygen atoms in total. The van der Waals surface area contributed by atoms with Gasteiger partial charge in [0.25, 0.3) is 0 Å². The van der Waals surface area contributed by atoms with Crippen LogP contribution in [0.25, 0.3) is 0 Å². The van der Waals surface area contributed by atoms with Gasteiger partial charge < -0.3 is 10.1 Å². The maximum atomic E-state index is 5.41. The van der Waals surface area contributed by atoms with E-state index in [1.807, 2.05) is 11.8 Å². The zero-order valence-corrected chi connectivity index (χ0v) is 10.2. The van der Waals surface area contributed by atoms with E-state index >= 15 is 0 Å². The van der Waals surface area contributed by atoms with Gasteiger partial charge in [0.1, 0.15) is 0 Å². The highest BCUT2D eigenvalue weighted by Crippen LogP contribution is 2.08. The maximum Gasteiger partial charge on any atom is 0.0619 e. The third-order valence-electron chi connectivity index (χ3n) is 2.29. The van der Waals surface area contributed by atoms with Crippen LogP contribution in [0.15, 0.2) is 0 Å². The third kappa shape index (κ3) is 5.89. The Morgan fingerprint density at radius 2 is 2.36 bits per heavy atom. The Balaban J connectivity index is 1.87. The predicted octanol–water partition coefficient (Wildman–Crippen LogP) is 2.14. The summed E-state index contributed by atoms with van der Waals surface area (Å²) in [4.78, 5) is 0. The summed E-state index contributed by atoms with van der Waals surface area (Å²) in [5.74, 6) is 3.33. The fourth-order valence-corrected chi connectivity index (χ4v) is 2.46. The fraction of sp³-hybridized carbons (Fsp3) is 1.00. The van der Waals surface area contributed by atoms with E-state index in [-0.39, 0.29) is 0 Å². The van der Waals surface area contributed by atoms with E-state index in [2.05, 4.69) is 19.2 Å². The van der Waals surface area contributed by atoms with Crippen molar-refractivity contribution in [1.29, 1.82) is 0 Å². The smallest absolute Gasteiger partial charge is 0.0619 e. The van der Waals surface area contributed by atoms with Crippen molar-refractivity contribution in [3.63, 3.8) is 0 Å². The van der Waals surface area contributed by atoms with Crippen molar-refractivity contribution < 1.29 is 4.74 Å². The average molecular weight is 217 g/mol. The van der Waals surface area contributed by atoms with Gasteiger partial charge in [-0.15, -0.1) is 0 Å². The Morgan fingerprint density at radius 1 is 1.50 bits per heavy atom. The Bertz CT molecular complexity index is 135. The van der Waals surface area contributed by atoms with E-state index in [1.165, 1.54) is 24.3 Å². The summed E-state index contributed by atoms with van der Waals surface area (Å²) in [6.07, 6.45) is 2.51. The van der Waals surface area contributed by atoms with E-state index in [0.717, 1.165) is 25.7 Å². The van der Waals surface area contributed by atoms with Gasteiger partial charge in [-0.2, -0.15) is 11.8 Å². The Hall–Kier alpha value is 0.270. The predicted molar refractivity (Wildman–Crippen MR) is 64.0 cm³/mol. The molecule has 0 aromatic carbocycles. The molecule has 1 aliphatic heterocycles. The fourth-order valence-electron chi connectivity index (χ4n) is 1.56. The molecule has 1 aliphatic rings. The van der Waals surface area contributed by atoms with Gasteiger partial charge in [-0.05, 0) is 24.5 Å². The van der Waals surface area contributed by atoms with Gasteiger partial charge in [0.15, 0.2) is 0 Å². The monoisotopic (exact) mass is 217 g/mol. The van der Waals surface area contributed by atoms with Crippen molar-refractivity contribution in [2.45, 2.75) is 32.7 Å². The largest absolute Gasteiger partial charge is 0.380 e. The molecule has 0 bridgehead atoms. The molecule has 1 unspecified atom stereocenters. The van der Waals surface area contributed by atoms with Gasteiger partial charge in [-0.25, -0.2) is 0 Å². The van der Waals surface area contributed by atoms with Crippen LogP contribution in [0.5, 0.6) is 0 Å². The summed E-state index contributed by atoms with van der Waals surface area (Å²) >= 11 is 2.05.